The predicted octanol–water partition coefficient (Wildman–Crippen LogP) is 3.59. The van der Waals surface area contributed by atoms with Crippen LogP contribution in [-0.2, 0) is 11.2 Å². The fourth-order valence-corrected chi connectivity index (χ4v) is 3.75. The third-order valence-corrected chi connectivity index (χ3v) is 5.31. The topological polar surface area (TPSA) is 50.8 Å². The molecule has 0 aromatic heterocycles. The number of amides is 1. The molecule has 0 radical (unpaired) electrons. The number of ether oxygens (including phenoxy) is 2. The number of hydrogen-bond acceptors (Lipinski definition) is 4. The Morgan fingerprint density at radius 1 is 1.04 bits per heavy atom. The molecule has 150 valence electrons. The summed E-state index contributed by atoms with van der Waals surface area (Å²) in [6.45, 7) is 2.84. The zero-order chi connectivity index (χ0) is 19.8. The van der Waals surface area contributed by atoms with E-state index in [4.69, 9.17) is 9.47 Å². The van der Waals surface area contributed by atoms with E-state index in [2.05, 4.69) is 34.5 Å². The molecule has 1 amide bonds. The summed E-state index contributed by atoms with van der Waals surface area (Å²) in [5, 5.41) is 3.14. The van der Waals surface area contributed by atoms with Crippen molar-refractivity contribution in [2.75, 3.05) is 33.9 Å². The Hall–Kier alpha value is -2.53. The van der Waals surface area contributed by atoms with Crippen molar-refractivity contribution in [2.45, 2.75) is 31.7 Å². The minimum absolute atomic E-state index is 0.0712. The molecule has 0 spiro atoms. The predicted molar refractivity (Wildman–Crippen MR) is 111 cm³/mol. The lowest BCUT2D eigenvalue weighted by Gasteiger charge is -2.28. The average Bonchev–Trinajstić information content (AvgIpc) is 3.27. The van der Waals surface area contributed by atoms with Gasteiger partial charge < -0.3 is 14.8 Å². The fraction of sp³-hybridized carbons (Fsp3) is 0.435. The zero-order valence-corrected chi connectivity index (χ0v) is 16.8. The summed E-state index contributed by atoms with van der Waals surface area (Å²) in [4.78, 5) is 15.0. The lowest BCUT2D eigenvalue weighted by atomic mass is 10.1. The molecule has 0 saturated carbocycles. The maximum atomic E-state index is 12.5. The Morgan fingerprint density at radius 3 is 2.29 bits per heavy atom. The lowest BCUT2D eigenvalue weighted by Crippen LogP contribution is -2.36. The quantitative estimate of drug-likeness (QED) is 0.720. The van der Waals surface area contributed by atoms with Gasteiger partial charge >= 0.3 is 0 Å². The second kappa shape index (κ2) is 10.1. The SMILES string of the molecule is COc1cc(CCC(=O)NCC(c2ccccc2)N2CCCC2)cc(OC)c1. The molecule has 5 nitrogen and oxygen atoms in total. The number of nitrogens with one attached hydrogen (secondary N) is 1. The lowest BCUT2D eigenvalue weighted by molar-refractivity contribution is -0.121. The summed E-state index contributed by atoms with van der Waals surface area (Å²) in [5.74, 6) is 1.56. The molecule has 3 rings (SSSR count). The maximum Gasteiger partial charge on any atom is 0.220 e. The third-order valence-electron chi connectivity index (χ3n) is 5.31. The summed E-state index contributed by atoms with van der Waals surface area (Å²) in [6, 6.07) is 16.4. The normalized spacial score (nSPS) is 15.2. The van der Waals surface area contributed by atoms with E-state index in [0.29, 0.717) is 19.4 Å². The molecule has 1 fully saturated rings. The second-order valence-corrected chi connectivity index (χ2v) is 7.19. The van der Waals surface area contributed by atoms with Gasteiger partial charge in [-0.2, -0.15) is 0 Å². The second-order valence-electron chi connectivity index (χ2n) is 7.19. The first-order chi connectivity index (χ1) is 13.7. The van der Waals surface area contributed by atoms with Crippen molar-refractivity contribution in [3.63, 3.8) is 0 Å². The van der Waals surface area contributed by atoms with Gasteiger partial charge in [0, 0.05) is 19.0 Å². The van der Waals surface area contributed by atoms with Crippen molar-refractivity contribution < 1.29 is 14.3 Å². The van der Waals surface area contributed by atoms with Crippen LogP contribution in [0.4, 0.5) is 0 Å². The van der Waals surface area contributed by atoms with E-state index in [1.54, 1.807) is 14.2 Å². The average molecular weight is 383 g/mol. The minimum Gasteiger partial charge on any atom is -0.497 e. The van der Waals surface area contributed by atoms with Crippen LogP contribution in [-0.4, -0.2) is 44.7 Å². The number of aryl methyl sites for hydroxylation is 1. The molecule has 1 aliphatic rings. The maximum absolute atomic E-state index is 12.5. The van der Waals surface area contributed by atoms with Gasteiger partial charge in [-0.05, 0) is 55.6 Å². The van der Waals surface area contributed by atoms with E-state index in [-0.39, 0.29) is 11.9 Å². The van der Waals surface area contributed by atoms with Gasteiger partial charge in [-0.15, -0.1) is 0 Å². The van der Waals surface area contributed by atoms with Crippen molar-refractivity contribution in [2.24, 2.45) is 0 Å². The molecule has 1 unspecified atom stereocenters. The smallest absolute Gasteiger partial charge is 0.220 e. The van der Waals surface area contributed by atoms with Crippen LogP contribution in [0.1, 0.15) is 36.4 Å². The first-order valence-corrected chi connectivity index (χ1v) is 9.97. The number of benzene rings is 2. The third kappa shape index (κ3) is 5.49. The Morgan fingerprint density at radius 2 is 1.68 bits per heavy atom. The highest BCUT2D eigenvalue weighted by atomic mass is 16.5. The van der Waals surface area contributed by atoms with Gasteiger partial charge in [0.15, 0.2) is 0 Å². The Bertz CT molecular complexity index is 735. The number of nitrogens with zero attached hydrogens (tertiary/aromatic N) is 1. The van der Waals surface area contributed by atoms with Crippen molar-refractivity contribution in [3.8, 4) is 11.5 Å². The summed E-state index contributed by atoms with van der Waals surface area (Å²) in [7, 11) is 3.26. The van der Waals surface area contributed by atoms with E-state index in [0.717, 1.165) is 30.2 Å². The Labute approximate surface area is 167 Å². The van der Waals surface area contributed by atoms with Crippen molar-refractivity contribution in [1.29, 1.82) is 0 Å². The van der Waals surface area contributed by atoms with Crippen LogP contribution in [0.5, 0.6) is 11.5 Å². The van der Waals surface area contributed by atoms with Gasteiger partial charge in [0.2, 0.25) is 5.91 Å². The van der Waals surface area contributed by atoms with Crippen LogP contribution in [0.25, 0.3) is 0 Å². The van der Waals surface area contributed by atoms with Crippen LogP contribution in [0.15, 0.2) is 48.5 Å². The van der Waals surface area contributed by atoms with Crippen molar-refractivity contribution >= 4 is 5.91 Å². The Balaban J connectivity index is 1.56. The van der Waals surface area contributed by atoms with Gasteiger partial charge in [0.25, 0.3) is 0 Å². The number of methoxy groups -OCH3 is 2. The molecule has 1 saturated heterocycles. The summed E-state index contributed by atoms with van der Waals surface area (Å²) in [5.41, 5.74) is 2.30. The molecule has 0 bridgehead atoms. The van der Waals surface area contributed by atoms with Crippen LogP contribution < -0.4 is 14.8 Å². The summed E-state index contributed by atoms with van der Waals surface area (Å²) in [6.07, 6.45) is 3.56. The zero-order valence-electron chi connectivity index (χ0n) is 16.8. The molecular formula is C23H30N2O3. The molecule has 1 atom stereocenters. The van der Waals surface area contributed by atoms with Gasteiger partial charge in [0.1, 0.15) is 11.5 Å². The number of rotatable bonds is 9. The van der Waals surface area contributed by atoms with E-state index in [1.165, 1.54) is 18.4 Å². The number of carbonyl (C=O) groups is 1. The molecule has 2 aromatic rings. The van der Waals surface area contributed by atoms with Crippen molar-refractivity contribution in [3.05, 3.63) is 59.7 Å². The minimum atomic E-state index is 0.0712. The molecule has 28 heavy (non-hydrogen) atoms. The fourth-order valence-electron chi connectivity index (χ4n) is 3.75. The molecule has 1 aliphatic heterocycles. The van der Waals surface area contributed by atoms with E-state index < -0.39 is 0 Å². The number of likely N-dealkylation sites (tertiary alicyclic amines) is 1. The molecular weight excluding hydrogens is 352 g/mol. The Kier molecular flexibility index (Phi) is 7.31. The van der Waals surface area contributed by atoms with Crippen LogP contribution in [0.2, 0.25) is 0 Å². The highest BCUT2D eigenvalue weighted by molar-refractivity contribution is 5.76. The molecule has 1 heterocycles. The van der Waals surface area contributed by atoms with Gasteiger partial charge in [-0.1, -0.05) is 30.3 Å². The van der Waals surface area contributed by atoms with Gasteiger partial charge in [-0.3, -0.25) is 9.69 Å². The molecule has 1 N–H and O–H groups in total. The molecule has 2 aromatic carbocycles. The number of carbonyl (C=O) groups excluding carboxylic acids is 1. The van der Waals surface area contributed by atoms with Crippen LogP contribution in [0.3, 0.4) is 0 Å². The molecule has 0 aliphatic carbocycles. The van der Waals surface area contributed by atoms with E-state index >= 15 is 0 Å². The first-order valence-electron chi connectivity index (χ1n) is 9.97. The standard InChI is InChI=1S/C23H30N2O3/c1-27-20-14-18(15-21(16-20)28-2)10-11-23(26)24-17-22(25-12-6-7-13-25)19-8-4-3-5-9-19/h3-5,8-9,14-16,22H,6-7,10-13,17H2,1-2H3,(H,24,26). The van der Waals surface area contributed by atoms with Crippen molar-refractivity contribution in [1.82, 2.24) is 10.2 Å². The van der Waals surface area contributed by atoms with Crippen LogP contribution >= 0.6 is 0 Å². The molecule has 5 heteroatoms. The van der Waals surface area contributed by atoms with Gasteiger partial charge in [-0.25, -0.2) is 0 Å². The first kappa shape index (κ1) is 20.2. The van der Waals surface area contributed by atoms with E-state index in [1.807, 2.05) is 24.3 Å². The highest BCUT2D eigenvalue weighted by Crippen LogP contribution is 2.25. The van der Waals surface area contributed by atoms with E-state index in [9.17, 15) is 4.79 Å². The summed E-state index contributed by atoms with van der Waals surface area (Å²) < 4.78 is 10.6. The number of hydrogen-bond donors (Lipinski definition) is 1. The summed E-state index contributed by atoms with van der Waals surface area (Å²) >= 11 is 0. The van der Waals surface area contributed by atoms with Gasteiger partial charge in [0.05, 0.1) is 20.3 Å². The largest absolute Gasteiger partial charge is 0.497 e. The van der Waals surface area contributed by atoms with Crippen LogP contribution in [0, 0.1) is 0 Å². The monoisotopic (exact) mass is 382 g/mol. The highest BCUT2D eigenvalue weighted by Gasteiger charge is 2.23.